The summed E-state index contributed by atoms with van der Waals surface area (Å²) in [5.74, 6) is -5.91. The molecular weight excluding hydrogens is 768 g/mol. The summed E-state index contributed by atoms with van der Waals surface area (Å²) in [6.45, 7) is 16.2. The van der Waals surface area contributed by atoms with Crippen LogP contribution in [0.2, 0.25) is 0 Å². The van der Waals surface area contributed by atoms with Gasteiger partial charge in [-0.1, -0.05) is 39.3 Å². The quantitative estimate of drug-likeness (QED) is 0.170. The highest BCUT2D eigenvalue weighted by Crippen LogP contribution is 2.76. The number of hydrogen-bond donors (Lipinski definition) is 3. The van der Waals surface area contributed by atoms with E-state index in [0.29, 0.717) is 57.8 Å². The van der Waals surface area contributed by atoms with E-state index in [1.165, 1.54) is 6.92 Å². The van der Waals surface area contributed by atoms with Crippen LogP contribution in [-0.4, -0.2) is 100 Å². The van der Waals surface area contributed by atoms with Gasteiger partial charge in [0.05, 0.1) is 22.5 Å². The molecule has 5 fully saturated rings. The number of carboxylic acid groups (broad SMARTS) is 1. The van der Waals surface area contributed by atoms with Gasteiger partial charge < -0.3 is 43.7 Å². The molecule has 0 bridgehead atoms. The van der Waals surface area contributed by atoms with Gasteiger partial charge >= 0.3 is 35.8 Å². The van der Waals surface area contributed by atoms with Crippen molar-refractivity contribution in [2.24, 2.45) is 50.7 Å². The Hall–Kier alpha value is -3.56. The predicted octanol–water partition coefficient (Wildman–Crippen LogP) is 4.81. The lowest BCUT2D eigenvalue weighted by molar-refractivity contribution is -0.305. The molecule has 5 aliphatic carbocycles. The lowest BCUT2D eigenvalue weighted by Gasteiger charge is -2.71. The van der Waals surface area contributed by atoms with Crippen molar-refractivity contribution in [1.82, 2.24) is 0 Å². The van der Waals surface area contributed by atoms with Gasteiger partial charge in [-0.05, 0) is 106 Å². The van der Waals surface area contributed by atoms with Crippen molar-refractivity contribution in [3.8, 4) is 0 Å². The first-order chi connectivity index (χ1) is 27.3. The Morgan fingerprint density at radius 2 is 1.36 bits per heavy atom. The number of ether oxygens (including phenoxy) is 6. The number of rotatable bonds is 8. The van der Waals surface area contributed by atoms with Crippen LogP contribution in [-0.2, 0) is 57.2 Å². The molecule has 0 aromatic heterocycles. The third kappa shape index (κ3) is 6.98. The Kier molecular flexibility index (Phi) is 11.7. The third-order valence-electron chi connectivity index (χ3n) is 16.7. The summed E-state index contributed by atoms with van der Waals surface area (Å²) in [4.78, 5) is 77.3. The normalized spacial score (nSPS) is 46.3. The summed E-state index contributed by atoms with van der Waals surface area (Å²) in [6, 6.07) is 0. The average molecular weight is 833 g/mol. The second-order valence-electron chi connectivity index (χ2n) is 19.7. The molecule has 2 unspecified atom stereocenters. The van der Waals surface area contributed by atoms with Gasteiger partial charge in [-0.15, -0.1) is 0 Å². The first kappa shape index (κ1) is 45.0. The minimum absolute atomic E-state index is 0.0664. The predicted molar refractivity (Wildman–Crippen MR) is 206 cm³/mol. The number of carbonyl (C=O) groups is 6. The highest BCUT2D eigenvalue weighted by Gasteiger charge is 2.73. The summed E-state index contributed by atoms with van der Waals surface area (Å²) in [6.07, 6.45) is -1.60. The molecule has 6 rings (SSSR count). The van der Waals surface area contributed by atoms with Gasteiger partial charge in [0.2, 0.25) is 12.4 Å². The zero-order valence-electron chi connectivity index (χ0n) is 36.2. The van der Waals surface area contributed by atoms with E-state index in [1.54, 1.807) is 13.8 Å². The van der Waals surface area contributed by atoms with Crippen molar-refractivity contribution in [3.05, 3.63) is 11.6 Å². The standard InChI is InChI=1S/C44H64O15/c1-22-13-18-44(38(52)59-36-34(57-26(5)48)33(56-25(4)47)32(55-24(3)46)28(58-36)21-54-23(2)45)20-19-40(7)27(35(44)43(22,10)53)11-12-29-39(6)16-15-31(49)42(9,37(50)51)30(39)14-17-41(29,40)8/h11,22,28-36,49,53H,12-21H2,1-10H3,(H,50,51)/t22-,28+,29?,30?,31+,32+,33-,34+,35+,36-,39+,40+,41+,42-,43+,44-/m0/s1. The molecule has 0 aromatic carbocycles. The molecule has 0 radical (unpaired) electrons. The highest BCUT2D eigenvalue weighted by atomic mass is 16.7. The Labute approximate surface area is 346 Å². The van der Waals surface area contributed by atoms with Gasteiger partial charge in [0, 0.05) is 33.6 Å². The van der Waals surface area contributed by atoms with E-state index in [4.69, 9.17) is 28.4 Å². The largest absolute Gasteiger partial charge is 0.481 e. The molecule has 15 nitrogen and oxygen atoms in total. The minimum Gasteiger partial charge on any atom is -0.481 e. The van der Waals surface area contributed by atoms with Gasteiger partial charge in [-0.2, -0.15) is 0 Å². The van der Waals surface area contributed by atoms with Crippen LogP contribution in [0.25, 0.3) is 0 Å². The van der Waals surface area contributed by atoms with Crippen molar-refractivity contribution < 1.29 is 72.5 Å². The molecule has 0 spiro atoms. The zero-order valence-corrected chi connectivity index (χ0v) is 36.2. The van der Waals surface area contributed by atoms with Gasteiger partial charge in [-0.25, -0.2) is 0 Å². The fourth-order valence-corrected chi connectivity index (χ4v) is 13.3. The number of allylic oxidation sites excluding steroid dienone is 1. The second kappa shape index (κ2) is 15.4. The Morgan fingerprint density at radius 1 is 0.746 bits per heavy atom. The summed E-state index contributed by atoms with van der Waals surface area (Å²) in [5.41, 5.74) is -4.23. The van der Waals surface area contributed by atoms with Crippen LogP contribution in [0.1, 0.15) is 127 Å². The lowest BCUT2D eigenvalue weighted by atomic mass is 9.33. The topological polar surface area (TPSA) is 218 Å². The number of carboxylic acids is 1. The maximum absolute atomic E-state index is 15.2. The maximum atomic E-state index is 15.2. The highest BCUT2D eigenvalue weighted by molar-refractivity contribution is 5.80. The van der Waals surface area contributed by atoms with E-state index in [1.807, 2.05) is 6.92 Å². The Bertz CT molecular complexity index is 1770. The van der Waals surface area contributed by atoms with E-state index in [2.05, 4.69) is 26.8 Å². The number of aliphatic hydroxyl groups excluding tert-OH is 1. The molecule has 1 aliphatic heterocycles. The van der Waals surface area contributed by atoms with Gasteiger partial charge in [0.1, 0.15) is 12.7 Å². The molecular formula is C44H64O15. The molecule has 6 aliphatic rings. The number of fused-ring (bicyclic) bond motifs is 7. The molecule has 0 amide bonds. The first-order valence-electron chi connectivity index (χ1n) is 21.2. The van der Waals surface area contributed by atoms with Crippen LogP contribution in [0.4, 0.5) is 0 Å². The number of carbonyl (C=O) groups excluding carboxylic acids is 5. The fraction of sp³-hybridized carbons (Fsp3) is 0.818. The fourth-order valence-electron chi connectivity index (χ4n) is 13.3. The first-order valence-corrected chi connectivity index (χ1v) is 21.2. The van der Waals surface area contributed by atoms with Gasteiger partial charge in [-0.3, -0.25) is 28.8 Å². The number of aliphatic hydroxyl groups is 2. The van der Waals surface area contributed by atoms with Crippen molar-refractivity contribution in [2.45, 2.75) is 169 Å². The minimum atomic E-state index is -1.71. The summed E-state index contributed by atoms with van der Waals surface area (Å²) >= 11 is 0. The summed E-state index contributed by atoms with van der Waals surface area (Å²) in [7, 11) is 0. The molecule has 3 N–H and O–H groups in total. The number of aliphatic carboxylic acids is 1. The molecule has 59 heavy (non-hydrogen) atoms. The van der Waals surface area contributed by atoms with Crippen LogP contribution >= 0.6 is 0 Å². The van der Waals surface area contributed by atoms with Crippen molar-refractivity contribution in [2.75, 3.05) is 6.61 Å². The maximum Gasteiger partial charge on any atom is 0.315 e. The van der Waals surface area contributed by atoms with Crippen LogP contribution in [0.5, 0.6) is 0 Å². The molecule has 15 heteroatoms. The second-order valence-corrected chi connectivity index (χ2v) is 19.7. The van der Waals surface area contributed by atoms with Crippen LogP contribution < -0.4 is 0 Å². The van der Waals surface area contributed by atoms with Crippen molar-refractivity contribution in [3.63, 3.8) is 0 Å². The number of hydrogen-bond acceptors (Lipinski definition) is 14. The average Bonchev–Trinajstić information content (AvgIpc) is 3.12. The van der Waals surface area contributed by atoms with E-state index in [-0.39, 0.29) is 23.2 Å². The molecule has 0 aromatic rings. The molecule has 330 valence electrons. The summed E-state index contributed by atoms with van der Waals surface area (Å²) < 4.78 is 34.4. The molecule has 4 saturated carbocycles. The number of esters is 5. The van der Waals surface area contributed by atoms with Gasteiger partial charge in [0.15, 0.2) is 12.2 Å². The Morgan fingerprint density at radius 3 is 1.95 bits per heavy atom. The monoisotopic (exact) mass is 832 g/mol. The van der Waals surface area contributed by atoms with Crippen LogP contribution in [0.3, 0.4) is 0 Å². The van der Waals surface area contributed by atoms with Crippen molar-refractivity contribution in [1.29, 1.82) is 0 Å². The van der Waals surface area contributed by atoms with E-state index >= 15 is 4.79 Å². The molecule has 1 heterocycles. The molecule has 1 saturated heterocycles. The smallest absolute Gasteiger partial charge is 0.315 e. The van der Waals surface area contributed by atoms with E-state index in [9.17, 15) is 39.3 Å². The SMILES string of the molecule is CC(=O)OC[C@H]1O[C@@H](OC(=O)[C@]23CC[C@H](C)[C@@](C)(O)[C@H]2C2=CCC4[C@@]5(C)CC[C@@H](O)[C@@](C)(C(=O)O)C5CC[C@@]4(C)[C@]2(C)CC3)[C@H](OC(C)=O)[C@@H](OC(C)=O)[C@@H]1OC(C)=O. The molecule has 16 atom stereocenters. The third-order valence-corrected chi connectivity index (χ3v) is 16.7. The van der Waals surface area contributed by atoms with Crippen molar-refractivity contribution >= 4 is 35.8 Å². The van der Waals surface area contributed by atoms with E-state index in [0.717, 1.165) is 26.3 Å². The van der Waals surface area contributed by atoms with Crippen LogP contribution in [0.15, 0.2) is 11.6 Å². The van der Waals surface area contributed by atoms with Crippen LogP contribution in [0, 0.1) is 50.7 Å². The van der Waals surface area contributed by atoms with E-state index < -0.39 is 112 Å². The van der Waals surface area contributed by atoms with Gasteiger partial charge in [0.25, 0.3) is 0 Å². The zero-order chi connectivity index (χ0) is 43.8. The summed E-state index contributed by atoms with van der Waals surface area (Å²) in [5, 5.41) is 34.3. The Balaban J connectivity index is 1.41. The lowest BCUT2D eigenvalue weighted by Crippen LogP contribution is -2.69.